The van der Waals surface area contributed by atoms with Crippen molar-refractivity contribution in [1.29, 1.82) is 0 Å². The molecule has 2 rings (SSSR count). The molecule has 22 heavy (non-hydrogen) atoms. The van der Waals surface area contributed by atoms with Crippen LogP contribution in [-0.4, -0.2) is 17.3 Å². The van der Waals surface area contributed by atoms with E-state index in [-0.39, 0.29) is 10.7 Å². The van der Waals surface area contributed by atoms with Gasteiger partial charge in [-0.2, -0.15) is 0 Å². The fraction of sp³-hybridized carbons (Fsp3) is 0.235. The highest BCUT2D eigenvalue weighted by Gasteiger charge is 2.25. The minimum absolute atomic E-state index is 0.118. The van der Waals surface area contributed by atoms with Crippen LogP contribution in [0, 0.1) is 0 Å². The van der Waals surface area contributed by atoms with Gasteiger partial charge in [-0.05, 0) is 24.6 Å². The van der Waals surface area contributed by atoms with Crippen molar-refractivity contribution >= 4 is 43.5 Å². The van der Waals surface area contributed by atoms with E-state index in [2.05, 4.69) is 37.2 Å². The number of para-hydroxylation sites is 2. The number of nitrogens with one attached hydrogen (secondary N) is 1. The highest BCUT2D eigenvalue weighted by Crippen LogP contribution is 2.32. The van der Waals surface area contributed by atoms with E-state index < -0.39 is 4.83 Å². The van der Waals surface area contributed by atoms with Gasteiger partial charge in [0.1, 0.15) is 10.6 Å². The first-order valence-electron chi connectivity index (χ1n) is 6.99. The van der Waals surface area contributed by atoms with Crippen molar-refractivity contribution in [3.63, 3.8) is 0 Å². The minimum atomic E-state index is -0.399. The van der Waals surface area contributed by atoms with Gasteiger partial charge in [0.15, 0.2) is 0 Å². The maximum Gasteiger partial charge on any atom is 0.239 e. The van der Waals surface area contributed by atoms with Crippen molar-refractivity contribution in [3.8, 4) is 5.75 Å². The molecule has 0 radical (unpaired) electrons. The van der Waals surface area contributed by atoms with Crippen LogP contribution < -0.4 is 10.1 Å². The monoisotopic (exact) mass is 425 g/mol. The molecule has 0 heterocycles. The fourth-order valence-corrected chi connectivity index (χ4v) is 2.96. The van der Waals surface area contributed by atoms with Gasteiger partial charge in [-0.25, -0.2) is 0 Å². The second-order valence-corrected chi connectivity index (χ2v) is 6.61. The van der Waals surface area contributed by atoms with Gasteiger partial charge < -0.3 is 10.1 Å². The lowest BCUT2D eigenvalue weighted by molar-refractivity contribution is -0.115. The second-order valence-electron chi connectivity index (χ2n) is 4.63. The Morgan fingerprint density at radius 1 is 1.09 bits per heavy atom. The Kier molecular flexibility index (Phi) is 6.46. The average molecular weight is 427 g/mol. The van der Waals surface area contributed by atoms with Gasteiger partial charge in [-0.1, -0.05) is 74.3 Å². The summed E-state index contributed by atoms with van der Waals surface area (Å²) < 4.78 is 5.52. The Hall–Kier alpha value is -1.33. The van der Waals surface area contributed by atoms with E-state index in [9.17, 15) is 4.79 Å². The lowest BCUT2D eigenvalue weighted by Crippen LogP contribution is -2.26. The number of halogens is 2. The Morgan fingerprint density at radius 3 is 2.41 bits per heavy atom. The summed E-state index contributed by atoms with van der Waals surface area (Å²) in [6.07, 6.45) is 0. The molecule has 0 aliphatic rings. The number of amides is 1. The standard InChI is InChI=1S/C17H17Br2NO2/c1-2-22-14-11-7-6-10-13(14)20-17(21)16(19)15(18)12-8-4-3-5-9-12/h3-11,15-16H,2H2,1H3,(H,20,21)/t15-,16-/m0/s1. The summed E-state index contributed by atoms with van der Waals surface area (Å²) in [4.78, 5) is 11.9. The summed E-state index contributed by atoms with van der Waals surface area (Å²) in [5.41, 5.74) is 1.71. The first-order chi connectivity index (χ1) is 10.6. The highest BCUT2D eigenvalue weighted by molar-refractivity contribution is 9.12. The second kappa shape index (κ2) is 8.34. The summed E-state index contributed by atoms with van der Waals surface area (Å²) in [6, 6.07) is 17.2. The van der Waals surface area contributed by atoms with Gasteiger partial charge in [0.05, 0.1) is 17.1 Å². The Labute approximate surface area is 147 Å². The molecule has 3 nitrogen and oxygen atoms in total. The lowest BCUT2D eigenvalue weighted by atomic mass is 10.1. The largest absolute Gasteiger partial charge is 0.492 e. The van der Waals surface area contributed by atoms with Crippen LogP contribution in [0.3, 0.4) is 0 Å². The van der Waals surface area contributed by atoms with Crippen LogP contribution in [0.5, 0.6) is 5.75 Å². The van der Waals surface area contributed by atoms with Crippen LogP contribution in [0.1, 0.15) is 17.3 Å². The van der Waals surface area contributed by atoms with Crippen molar-refractivity contribution < 1.29 is 9.53 Å². The maximum absolute atomic E-state index is 12.4. The number of carbonyl (C=O) groups excluding carboxylic acids is 1. The molecule has 0 unspecified atom stereocenters. The molecular formula is C17H17Br2NO2. The minimum Gasteiger partial charge on any atom is -0.492 e. The molecule has 0 fully saturated rings. The van der Waals surface area contributed by atoms with Gasteiger partial charge in [0.25, 0.3) is 0 Å². The van der Waals surface area contributed by atoms with Crippen molar-refractivity contribution in [2.75, 3.05) is 11.9 Å². The normalized spacial score (nSPS) is 13.2. The number of alkyl halides is 2. The molecule has 0 aliphatic carbocycles. The molecule has 0 saturated carbocycles. The third-order valence-corrected chi connectivity index (χ3v) is 5.78. The van der Waals surface area contributed by atoms with Crippen molar-refractivity contribution in [1.82, 2.24) is 0 Å². The summed E-state index contributed by atoms with van der Waals surface area (Å²) in [6.45, 7) is 2.46. The number of hydrogen-bond donors (Lipinski definition) is 1. The molecule has 116 valence electrons. The SMILES string of the molecule is CCOc1ccccc1NC(=O)[C@@H](Br)[C@@H](Br)c1ccccc1. The number of anilines is 1. The number of ether oxygens (including phenoxy) is 1. The predicted octanol–water partition coefficient (Wildman–Crippen LogP) is 4.92. The van der Waals surface area contributed by atoms with Crippen LogP contribution in [0.25, 0.3) is 0 Å². The molecule has 1 amide bonds. The zero-order chi connectivity index (χ0) is 15.9. The van der Waals surface area contributed by atoms with Gasteiger partial charge >= 0.3 is 0 Å². The van der Waals surface area contributed by atoms with Gasteiger partial charge in [0.2, 0.25) is 5.91 Å². The van der Waals surface area contributed by atoms with E-state index in [0.717, 1.165) is 5.56 Å². The van der Waals surface area contributed by atoms with E-state index in [0.29, 0.717) is 18.0 Å². The fourth-order valence-electron chi connectivity index (χ4n) is 1.99. The number of benzene rings is 2. The number of hydrogen-bond acceptors (Lipinski definition) is 2. The van der Waals surface area contributed by atoms with Crippen molar-refractivity contribution in [2.24, 2.45) is 0 Å². The van der Waals surface area contributed by atoms with Gasteiger partial charge in [0, 0.05) is 0 Å². The van der Waals surface area contributed by atoms with E-state index in [1.54, 1.807) is 0 Å². The first-order valence-corrected chi connectivity index (χ1v) is 8.82. The molecule has 0 bridgehead atoms. The lowest BCUT2D eigenvalue weighted by Gasteiger charge is -2.18. The molecule has 5 heteroatoms. The van der Waals surface area contributed by atoms with E-state index in [4.69, 9.17) is 4.74 Å². The van der Waals surface area contributed by atoms with E-state index in [1.165, 1.54) is 0 Å². The molecule has 0 aliphatic heterocycles. The van der Waals surface area contributed by atoms with Crippen LogP contribution >= 0.6 is 31.9 Å². The first kappa shape index (κ1) is 17.0. The molecule has 0 spiro atoms. The maximum atomic E-state index is 12.4. The quantitative estimate of drug-likeness (QED) is 0.665. The van der Waals surface area contributed by atoms with Gasteiger partial charge in [-0.15, -0.1) is 0 Å². The summed E-state index contributed by atoms with van der Waals surface area (Å²) >= 11 is 7.04. The van der Waals surface area contributed by atoms with Crippen LogP contribution in [0.4, 0.5) is 5.69 Å². The van der Waals surface area contributed by atoms with Crippen LogP contribution in [-0.2, 0) is 4.79 Å². The van der Waals surface area contributed by atoms with E-state index in [1.807, 2.05) is 61.5 Å². The Balaban J connectivity index is 2.09. The van der Waals surface area contributed by atoms with Crippen molar-refractivity contribution in [3.05, 3.63) is 60.2 Å². The zero-order valence-corrected chi connectivity index (χ0v) is 15.3. The smallest absolute Gasteiger partial charge is 0.239 e. The number of rotatable bonds is 6. The molecule has 2 aromatic rings. The highest BCUT2D eigenvalue weighted by atomic mass is 79.9. The summed E-state index contributed by atoms with van der Waals surface area (Å²) in [5, 5.41) is 2.90. The van der Waals surface area contributed by atoms with Crippen molar-refractivity contribution in [2.45, 2.75) is 16.6 Å². The third kappa shape index (κ3) is 4.34. The topological polar surface area (TPSA) is 38.3 Å². The van der Waals surface area contributed by atoms with Crippen LogP contribution in [0.15, 0.2) is 54.6 Å². The zero-order valence-electron chi connectivity index (χ0n) is 12.1. The molecule has 2 aromatic carbocycles. The summed E-state index contributed by atoms with van der Waals surface area (Å²) in [7, 11) is 0. The average Bonchev–Trinajstić information content (AvgIpc) is 2.56. The third-order valence-electron chi connectivity index (χ3n) is 3.07. The molecule has 0 aromatic heterocycles. The predicted molar refractivity (Wildman–Crippen MR) is 97.1 cm³/mol. The number of carbonyl (C=O) groups is 1. The van der Waals surface area contributed by atoms with Crippen LogP contribution in [0.2, 0.25) is 0 Å². The Bertz CT molecular complexity index is 619. The van der Waals surface area contributed by atoms with E-state index >= 15 is 0 Å². The molecule has 2 atom stereocenters. The molecule has 0 saturated heterocycles. The Morgan fingerprint density at radius 2 is 1.73 bits per heavy atom. The molecule has 1 N–H and O–H groups in total. The summed E-state index contributed by atoms with van der Waals surface area (Å²) in [5.74, 6) is 0.543. The molecular weight excluding hydrogens is 410 g/mol. The van der Waals surface area contributed by atoms with Gasteiger partial charge in [-0.3, -0.25) is 4.79 Å².